The zero-order chi connectivity index (χ0) is 50.5. The largest absolute Gasteiger partial charge is 0.443 e. The van der Waals surface area contributed by atoms with E-state index in [-0.39, 0.29) is 79.3 Å². The number of aliphatic hydroxyl groups excluding tert-OH is 1. The van der Waals surface area contributed by atoms with Gasteiger partial charge in [-0.05, 0) is 82.8 Å². The van der Waals surface area contributed by atoms with Gasteiger partial charge in [-0.2, -0.15) is 10.1 Å². The SMILES string of the molecule is CC(C)NC(=O)O[C@H]1C[C@@H](c2cc(Nc3nc(-c4cc(F)cc(F)c4)cc4nccn34)[n+]([N+]#Cc3c(CCCO)nc(Nc4cc([C@@H]5OC[C@H](OC(=O)NC6CC7CCC76)[C@@H]5F)[nH]n4)n4ccnc34)[nH]2)C[C@H]1F. The number of aliphatic hydroxyl groups is 1. The number of benzene rings is 1. The Bertz CT molecular complexity index is 3260. The lowest BCUT2D eigenvalue weighted by molar-refractivity contribution is -0.655. The molecule has 3 unspecified atom stereocenters. The molecule has 9 atom stereocenters. The van der Waals surface area contributed by atoms with Crippen LogP contribution in [-0.4, -0.2) is 111 Å². The van der Waals surface area contributed by atoms with Crippen LogP contribution >= 0.6 is 0 Å². The molecule has 4 fully saturated rings. The highest BCUT2D eigenvalue weighted by Gasteiger charge is 2.49. The van der Waals surface area contributed by atoms with Gasteiger partial charge in [0.1, 0.15) is 41.2 Å². The summed E-state index contributed by atoms with van der Waals surface area (Å²) in [6.07, 6.45) is 2.56. The minimum Gasteiger partial charge on any atom is -0.443 e. The molecule has 7 aromatic rings. The average molecular weight is 1010 g/mol. The van der Waals surface area contributed by atoms with Gasteiger partial charge in [0.15, 0.2) is 34.2 Å². The van der Waals surface area contributed by atoms with Crippen molar-refractivity contribution in [3.63, 3.8) is 0 Å². The fourth-order valence-corrected chi connectivity index (χ4v) is 10.1. The third kappa shape index (κ3) is 9.66. The molecule has 25 heteroatoms. The molecule has 0 radical (unpaired) electrons. The Labute approximate surface area is 412 Å². The minimum atomic E-state index is -1.66. The van der Waals surface area contributed by atoms with E-state index in [2.05, 4.69) is 52.6 Å². The predicted octanol–water partition coefficient (Wildman–Crippen LogP) is 6.63. The van der Waals surface area contributed by atoms with Gasteiger partial charge in [-0.1, -0.05) is 5.10 Å². The zero-order valence-electron chi connectivity index (χ0n) is 39.4. The fourth-order valence-electron chi connectivity index (χ4n) is 10.1. The van der Waals surface area contributed by atoms with Crippen LogP contribution in [0.3, 0.4) is 0 Å². The van der Waals surface area contributed by atoms with Gasteiger partial charge < -0.3 is 35.3 Å². The van der Waals surface area contributed by atoms with E-state index in [9.17, 15) is 23.5 Å². The standard InChI is InChI=1S/C48H49F4N15O6/c1-23(2)56-47(69)72-37-16-26(14-31(37)51)34-20-41(61-46-58-33(19-40-53-7-9-65(40)46)25-12-27(49)17-28(50)13-25)67(64-34)55-21-30-32(4-3-11-68)57-45(66-10-8-54-44(30)66)60-39-18-36(62-63-39)43-42(52)38(22-71-43)73-48(70)59-35-15-24-5-6-29(24)35/h7-10,12-13,17-20,23-24,26,29,31,35,37-38,42-43,68H,3-6,11,14-16,22H2,1-2H3,(H4-2,53,54,56,57,58,59,60,61,62,63,64,69,70)/p+2/t24?,26-,29?,31+,35?,37-,38-,42-,43-/m0/s1. The number of H-pyrrole nitrogens is 2. The topological polar surface area (TPSA) is 243 Å². The molecule has 0 bridgehead atoms. The van der Waals surface area contributed by atoms with Crippen molar-refractivity contribution in [2.75, 3.05) is 23.8 Å². The number of aromatic nitrogens is 10. The van der Waals surface area contributed by atoms with Crippen LogP contribution in [0, 0.1) is 29.5 Å². The van der Waals surface area contributed by atoms with Gasteiger partial charge in [0, 0.05) is 78.1 Å². The number of hydrogen-bond donors (Lipinski definition) is 7. The van der Waals surface area contributed by atoms with Crippen LogP contribution in [0.15, 0.2) is 61.2 Å². The second kappa shape index (κ2) is 19.6. The summed E-state index contributed by atoms with van der Waals surface area (Å²) in [5.74, 6) is 0.0704. The number of hydrogen-bond acceptors (Lipinski definition) is 13. The number of alkyl halides is 2. The van der Waals surface area contributed by atoms with E-state index in [0.717, 1.165) is 31.0 Å². The lowest BCUT2D eigenvalue weighted by Gasteiger charge is -2.52. The Balaban J connectivity index is 0.887. The van der Waals surface area contributed by atoms with Gasteiger partial charge >= 0.3 is 24.0 Å². The Morgan fingerprint density at radius 1 is 0.945 bits per heavy atom. The number of fused-ring (bicyclic) bond motifs is 3. The summed E-state index contributed by atoms with van der Waals surface area (Å²) in [6, 6.07) is 10.9. The molecule has 380 valence electrons. The summed E-state index contributed by atoms with van der Waals surface area (Å²) in [7, 11) is 0. The van der Waals surface area contributed by atoms with Crippen molar-refractivity contribution in [3.8, 4) is 17.3 Å². The molecule has 1 aliphatic heterocycles. The third-order valence-corrected chi connectivity index (χ3v) is 13.9. The van der Waals surface area contributed by atoms with Crippen molar-refractivity contribution in [3.05, 3.63) is 100 Å². The first-order valence-corrected chi connectivity index (χ1v) is 24.2. The maximum absolute atomic E-state index is 15.7. The summed E-state index contributed by atoms with van der Waals surface area (Å²) in [6.45, 7) is 3.24. The van der Waals surface area contributed by atoms with Crippen LogP contribution < -0.4 is 26.1 Å². The van der Waals surface area contributed by atoms with Gasteiger partial charge in [0.25, 0.3) is 6.07 Å². The number of carbonyl (C=O) groups is 2. The van der Waals surface area contributed by atoms with Crippen molar-refractivity contribution in [2.24, 2.45) is 11.8 Å². The van der Waals surface area contributed by atoms with Crippen LogP contribution in [0.4, 0.5) is 50.7 Å². The molecule has 7 N–H and O–H groups in total. The van der Waals surface area contributed by atoms with Gasteiger partial charge in [-0.3, -0.25) is 9.50 Å². The average Bonchev–Trinajstić information content (AvgIpc) is 4.22. The molecular weight excluding hydrogens is 959 g/mol. The third-order valence-electron chi connectivity index (χ3n) is 13.9. The molecule has 21 nitrogen and oxygen atoms in total. The summed E-state index contributed by atoms with van der Waals surface area (Å²) >= 11 is 0. The second-order valence-electron chi connectivity index (χ2n) is 19.1. The van der Waals surface area contributed by atoms with Crippen molar-refractivity contribution >= 4 is 47.0 Å². The molecule has 0 spiro atoms. The minimum absolute atomic E-state index is 0.0180. The lowest BCUT2D eigenvalue weighted by Crippen LogP contribution is -2.57. The van der Waals surface area contributed by atoms with E-state index in [4.69, 9.17) is 29.1 Å². The van der Waals surface area contributed by atoms with Crippen molar-refractivity contribution in [1.82, 2.24) is 54.7 Å². The highest BCUT2D eigenvalue weighted by atomic mass is 19.1. The number of aromatic amines is 2. The first-order valence-electron chi connectivity index (χ1n) is 24.2. The van der Waals surface area contributed by atoms with Crippen LogP contribution in [0.1, 0.15) is 87.0 Å². The molecule has 4 aliphatic rings. The summed E-state index contributed by atoms with van der Waals surface area (Å²) in [4.78, 5) is 49.7. The van der Waals surface area contributed by atoms with E-state index in [1.54, 1.807) is 59.4 Å². The molecule has 2 amide bonds. The van der Waals surface area contributed by atoms with E-state index in [1.165, 1.54) is 17.4 Å². The van der Waals surface area contributed by atoms with Crippen LogP contribution in [-0.2, 0) is 20.6 Å². The van der Waals surface area contributed by atoms with Gasteiger partial charge in [-0.25, -0.2) is 51.8 Å². The number of ether oxygens (including phenoxy) is 3. The first kappa shape index (κ1) is 47.5. The van der Waals surface area contributed by atoms with E-state index < -0.39 is 60.4 Å². The fraction of sp³-hybridized carbons (Fsp3) is 0.438. The van der Waals surface area contributed by atoms with Crippen molar-refractivity contribution in [1.29, 1.82) is 0 Å². The molecule has 1 aromatic carbocycles. The Morgan fingerprint density at radius 2 is 1.74 bits per heavy atom. The molecule has 73 heavy (non-hydrogen) atoms. The summed E-state index contributed by atoms with van der Waals surface area (Å²) < 4.78 is 80.1. The second-order valence-corrected chi connectivity index (χ2v) is 19.1. The number of alkyl carbamates (subject to hydrolysis) is 2. The van der Waals surface area contributed by atoms with E-state index in [1.807, 2.05) is 0 Å². The molecule has 3 aliphatic carbocycles. The summed E-state index contributed by atoms with van der Waals surface area (Å²) in [5.41, 5.74) is 2.74. The molecule has 6 aromatic heterocycles. The number of carbonyl (C=O) groups excluding carboxylic acids is 2. The Morgan fingerprint density at radius 3 is 2.51 bits per heavy atom. The van der Waals surface area contributed by atoms with Crippen molar-refractivity contribution in [2.45, 2.75) is 107 Å². The lowest BCUT2D eigenvalue weighted by atomic mass is 9.56. The highest BCUT2D eigenvalue weighted by Crippen LogP contribution is 2.50. The zero-order valence-corrected chi connectivity index (χ0v) is 39.4. The van der Waals surface area contributed by atoms with Gasteiger partial charge in [-0.15, -0.1) is 0 Å². The number of halogens is 4. The Hall–Kier alpha value is -7.85. The molecule has 7 heterocycles. The number of nitrogens with one attached hydrogen (secondary N) is 6. The number of rotatable bonds is 14. The number of amides is 2. The monoisotopic (exact) mass is 1010 g/mol. The smallest absolute Gasteiger partial charge is 0.407 e. The number of aryl methyl sites for hydroxylation is 1. The molecule has 1 saturated heterocycles. The number of anilines is 4. The molecular formula is C48H51F4N15O6+2. The van der Waals surface area contributed by atoms with Crippen LogP contribution in [0.25, 0.3) is 27.5 Å². The number of nitrogens with zero attached hydrogens (tertiary/aromatic N) is 9. The quantitative estimate of drug-likeness (QED) is 0.0447. The van der Waals surface area contributed by atoms with E-state index >= 15 is 8.78 Å². The van der Waals surface area contributed by atoms with Gasteiger partial charge in [0.05, 0.1) is 29.8 Å². The molecule has 11 rings (SSSR count). The van der Waals surface area contributed by atoms with Crippen LogP contribution in [0.2, 0.25) is 0 Å². The van der Waals surface area contributed by atoms with Gasteiger partial charge in [0.2, 0.25) is 5.95 Å². The number of imidazole rings is 2. The van der Waals surface area contributed by atoms with E-state index in [0.29, 0.717) is 52.2 Å². The molecule has 3 saturated carbocycles. The maximum atomic E-state index is 15.7. The maximum Gasteiger partial charge on any atom is 0.407 e. The Kier molecular flexibility index (Phi) is 12.8. The predicted molar refractivity (Wildman–Crippen MR) is 252 cm³/mol. The highest BCUT2D eigenvalue weighted by molar-refractivity contribution is 5.69. The van der Waals surface area contributed by atoms with Crippen molar-refractivity contribution < 1.29 is 51.3 Å². The summed E-state index contributed by atoms with van der Waals surface area (Å²) in [5, 5.41) is 32.2. The van der Waals surface area contributed by atoms with Crippen LogP contribution in [0.5, 0.6) is 0 Å². The first-order chi connectivity index (χ1) is 35.3. The normalized spacial score (nSPS) is 24.1.